The van der Waals surface area contributed by atoms with Crippen molar-refractivity contribution < 1.29 is 0 Å². The standard InChI is InChI=1S/C16H17N/c1-2-6-13(7-3-1)10-11-15-12-14-8-4-5-9-16(14)17-15/h1-9,15,17H,10-12H2/t15-/m1/s1. The minimum Gasteiger partial charge on any atom is -0.382 e. The van der Waals surface area contributed by atoms with E-state index in [4.69, 9.17) is 0 Å². The SMILES string of the molecule is c1ccc(CC[C@@H]2Cc3ccccc3N2)cc1. The van der Waals surface area contributed by atoms with Gasteiger partial charge in [-0.2, -0.15) is 0 Å². The zero-order valence-electron chi connectivity index (χ0n) is 9.89. The maximum Gasteiger partial charge on any atom is 0.0375 e. The van der Waals surface area contributed by atoms with Gasteiger partial charge >= 0.3 is 0 Å². The van der Waals surface area contributed by atoms with Gasteiger partial charge in [0.15, 0.2) is 0 Å². The molecule has 0 aliphatic carbocycles. The topological polar surface area (TPSA) is 12.0 Å². The van der Waals surface area contributed by atoms with Gasteiger partial charge in [0, 0.05) is 11.7 Å². The number of hydrogen-bond donors (Lipinski definition) is 1. The van der Waals surface area contributed by atoms with Crippen molar-refractivity contribution in [2.45, 2.75) is 25.3 Å². The summed E-state index contributed by atoms with van der Waals surface area (Å²) in [6, 6.07) is 20.0. The first-order valence-electron chi connectivity index (χ1n) is 6.30. The van der Waals surface area contributed by atoms with Crippen molar-refractivity contribution in [2.75, 3.05) is 5.32 Å². The highest BCUT2D eigenvalue weighted by Gasteiger charge is 2.19. The monoisotopic (exact) mass is 223 g/mol. The molecule has 0 saturated carbocycles. The molecule has 1 heterocycles. The summed E-state index contributed by atoms with van der Waals surface area (Å²) in [5.74, 6) is 0. The van der Waals surface area contributed by atoms with Crippen LogP contribution in [0, 0.1) is 0 Å². The van der Waals surface area contributed by atoms with E-state index in [1.54, 1.807) is 0 Å². The molecule has 0 bridgehead atoms. The molecule has 0 aromatic heterocycles. The Bertz CT molecular complexity index is 465. The largest absolute Gasteiger partial charge is 0.382 e. The van der Waals surface area contributed by atoms with Gasteiger partial charge < -0.3 is 5.32 Å². The third-order valence-electron chi connectivity index (χ3n) is 3.47. The van der Waals surface area contributed by atoms with Crippen LogP contribution in [0.3, 0.4) is 0 Å². The first kappa shape index (κ1) is 10.4. The zero-order chi connectivity index (χ0) is 11.5. The number of rotatable bonds is 3. The minimum atomic E-state index is 0.604. The van der Waals surface area contributed by atoms with E-state index in [-0.39, 0.29) is 0 Å². The molecular weight excluding hydrogens is 206 g/mol. The van der Waals surface area contributed by atoms with Crippen LogP contribution in [0.25, 0.3) is 0 Å². The van der Waals surface area contributed by atoms with Crippen LogP contribution in [-0.4, -0.2) is 6.04 Å². The second-order valence-electron chi connectivity index (χ2n) is 4.73. The molecule has 0 unspecified atom stereocenters. The Labute approximate surface area is 102 Å². The molecule has 1 N–H and O–H groups in total. The van der Waals surface area contributed by atoms with Gasteiger partial charge in [0.25, 0.3) is 0 Å². The Hall–Kier alpha value is -1.76. The summed E-state index contributed by atoms with van der Waals surface area (Å²) >= 11 is 0. The molecule has 1 atom stereocenters. The van der Waals surface area contributed by atoms with Crippen molar-refractivity contribution in [1.82, 2.24) is 0 Å². The zero-order valence-corrected chi connectivity index (χ0v) is 9.89. The van der Waals surface area contributed by atoms with Gasteiger partial charge in [0.2, 0.25) is 0 Å². The summed E-state index contributed by atoms with van der Waals surface area (Å²) in [7, 11) is 0. The molecule has 0 radical (unpaired) electrons. The summed E-state index contributed by atoms with van der Waals surface area (Å²) in [6.07, 6.45) is 3.54. The molecule has 0 spiro atoms. The van der Waals surface area contributed by atoms with Crippen LogP contribution >= 0.6 is 0 Å². The highest BCUT2D eigenvalue weighted by molar-refractivity contribution is 5.56. The van der Waals surface area contributed by atoms with Crippen LogP contribution in [0.5, 0.6) is 0 Å². The van der Waals surface area contributed by atoms with Gasteiger partial charge in [-0.25, -0.2) is 0 Å². The maximum atomic E-state index is 3.60. The fourth-order valence-electron chi connectivity index (χ4n) is 2.54. The second-order valence-corrected chi connectivity index (χ2v) is 4.73. The van der Waals surface area contributed by atoms with Crippen molar-refractivity contribution in [3.63, 3.8) is 0 Å². The lowest BCUT2D eigenvalue weighted by Crippen LogP contribution is -2.16. The number of nitrogens with one attached hydrogen (secondary N) is 1. The van der Waals surface area contributed by atoms with Gasteiger partial charge in [0.1, 0.15) is 0 Å². The summed E-state index contributed by atoms with van der Waals surface area (Å²) in [5.41, 5.74) is 4.22. The summed E-state index contributed by atoms with van der Waals surface area (Å²) in [4.78, 5) is 0. The predicted molar refractivity (Wildman–Crippen MR) is 72.3 cm³/mol. The van der Waals surface area contributed by atoms with Crippen LogP contribution in [0.1, 0.15) is 17.5 Å². The van der Waals surface area contributed by atoms with Gasteiger partial charge in [-0.1, -0.05) is 48.5 Å². The van der Waals surface area contributed by atoms with Crippen molar-refractivity contribution in [2.24, 2.45) is 0 Å². The maximum absolute atomic E-state index is 3.60. The Morgan fingerprint density at radius 1 is 0.941 bits per heavy atom. The van der Waals surface area contributed by atoms with E-state index in [0.717, 1.165) is 6.42 Å². The molecular formula is C16H17N. The third kappa shape index (κ3) is 2.33. The minimum absolute atomic E-state index is 0.604. The van der Waals surface area contributed by atoms with Crippen LogP contribution in [0.2, 0.25) is 0 Å². The van der Waals surface area contributed by atoms with Crippen LogP contribution < -0.4 is 5.32 Å². The first-order valence-corrected chi connectivity index (χ1v) is 6.30. The van der Waals surface area contributed by atoms with E-state index in [0.29, 0.717) is 6.04 Å². The molecule has 0 amide bonds. The van der Waals surface area contributed by atoms with Crippen LogP contribution in [0.4, 0.5) is 5.69 Å². The number of para-hydroxylation sites is 1. The van der Waals surface area contributed by atoms with Crippen LogP contribution in [-0.2, 0) is 12.8 Å². The molecule has 1 aliphatic rings. The lowest BCUT2D eigenvalue weighted by molar-refractivity contribution is 0.675. The molecule has 17 heavy (non-hydrogen) atoms. The summed E-state index contributed by atoms with van der Waals surface area (Å²) < 4.78 is 0. The molecule has 1 aliphatic heterocycles. The van der Waals surface area contributed by atoms with Gasteiger partial charge in [-0.15, -0.1) is 0 Å². The fraction of sp³-hybridized carbons (Fsp3) is 0.250. The van der Waals surface area contributed by atoms with Gasteiger partial charge in [-0.3, -0.25) is 0 Å². The molecule has 1 heteroatoms. The normalized spacial score (nSPS) is 17.5. The van der Waals surface area contributed by atoms with E-state index in [9.17, 15) is 0 Å². The molecule has 2 aromatic rings. The average Bonchev–Trinajstić information content (AvgIpc) is 2.80. The number of benzene rings is 2. The lowest BCUT2D eigenvalue weighted by atomic mass is 10.0. The first-order chi connectivity index (χ1) is 8.42. The smallest absolute Gasteiger partial charge is 0.0375 e. The van der Waals surface area contributed by atoms with Crippen molar-refractivity contribution in [1.29, 1.82) is 0 Å². The Kier molecular flexibility index (Phi) is 2.83. The summed E-state index contributed by atoms with van der Waals surface area (Å²) in [6.45, 7) is 0. The molecule has 3 rings (SSSR count). The number of hydrogen-bond acceptors (Lipinski definition) is 1. The number of fused-ring (bicyclic) bond motifs is 1. The predicted octanol–water partition coefficient (Wildman–Crippen LogP) is 3.66. The van der Waals surface area contributed by atoms with E-state index < -0.39 is 0 Å². The quantitative estimate of drug-likeness (QED) is 0.837. The molecule has 0 saturated heterocycles. The van der Waals surface area contributed by atoms with Crippen molar-refractivity contribution in [3.8, 4) is 0 Å². The molecule has 0 fully saturated rings. The van der Waals surface area contributed by atoms with Crippen LogP contribution in [0.15, 0.2) is 54.6 Å². The number of aryl methyl sites for hydroxylation is 1. The molecule has 1 nitrogen and oxygen atoms in total. The Morgan fingerprint density at radius 2 is 1.71 bits per heavy atom. The van der Waals surface area contributed by atoms with E-state index in [1.165, 1.54) is 29.7 Å². The average molecular weight is 223 g/mol. The Balaban J connectivity index is 1.59. The lowest BCUT2D eigenvalue weighted by Gasteiger charge is -2.10. The highest BCUT2D eigenvalue weighted by Crippen LogP contribution is 2.27. The van der Waals surface area contributed by atoms with Gasteiger partial charge in [0.05, 0.1) is 0 Å². The molecule has 86 valence electrons. The van der Waals surface area contributed by atoms with Gasteiger partial charge in [-0.05, 0) is 36.5 Å². The van der Waals surface area contributed by atoms with Crippen molar-refractivity contribution in [3.05, 3.63) is 65.7 Å². The van der Waals surface area contributed by atoms with Crippen molar-refractivity contribution >= 4 is 5.69 Å². The Morgan fingerprint density at radius 3 is 2.53 bits per heavy atom. The summed E-state index contributed by atoms with van der Waals surface area (Å²) in [5, 5.41) is 3.60. The second kappa shape index (κ2) is 4.62. The van der Waals surface area contributed by atoms with E-state index in [1.807, 2.05) is 0 Å². The highest BCUT2D eigenvalue weighted by atomic mass is 14.9. The van der Waals surface area contributed by atoms with E-state index >= 15 is 0 Å². The van der Waals surface area contributed by atoms with E-state index in [2.05, 4.69) is 59.9 Å². The fourth-order valence-corrected chi connectivity index (χ4v) is 2.54. The number of anilines is 1. The third-order valence-corrected chi connectivity index (χ3v) is 3.47. The molecule has 2 aromatic carbocycles.